The van der Waals surface area contributed by atoms with Crippen molar-refractivity contribution >= 4 is 74.6 Å². The van der Waals surface area contributed by atoms with Gasteiger partial charge in [0.1, 0.15) is 11.5 Å². The third-order valence-corrected chi connectivity index (χ3v) is 13.1. The van der Waals surface area contributed by atoms with E-state index < -0.39 is 64.7 Å². The second-order valence-electron chi connectivity index (χ2n) is 14.2. The molecule has 0 bridgehead atoms. The monoisotopic (exact) mass is 754 g/mol. The fourth-order valence-corrected chi connectivity index (χ4v) is 10.2. The number of ether oxygens (including phenoxy) is 2. The Morgan fingerprint density at radius 2 is 1.83 bits per heavy atom. The minimum atomic E-state index is -1.29. The average Bonchev–Trinajstić information content (AvgIpc) is 3.81. The van der Waals surface area contributed by atoms with Crippen LogP contribution in [-0.2, 0) is 31.0 Å². The van der Waals surface area contributed by atoms with E-state index >= 15 is 0 Å². The third kappa shape index (κ3) is 5.00. The number of aromatic hydroxyl groups is 1. The Kier molecular flexibility index (Phi) is 8.15. The lowest BCUT2D eigenvalue weighted by atomic mass is 9.52. The molecule has 53 heavy (non-hydrogen) atoms. The topological polar surface area (TPSA) is 148 Å². The van der Waals surface area contributed by atoms with Gasteiger partial charge in [-0.1, -0.05) is 41.5 Å². The van der Waals surface area contributed by atoms with Crippen LogP contribution >= 0.6 is 22.9 Å². The van der Waals surface area contributed by atoms with Gasteiger partial charge in [-0.3, -0.25) is 23.9 Å². The SMILES string of the molecule is COC(=O)N1C(=O)C2CC=C3C(CC4C(=O)N(c5cc(-c6sc7ccc(Cl)cc7c6C)nn5C)C(=O)C4(C)C3C=Cc3ccc(O)c(OC)c3)C2C1=O. The number of rotatable bonds is 5. The van der Waals surface area contributed by atoms with Crippen LogP contribution in [0.2, 0.25) is 5.02 Å². The molecule has 8 rings (SSSR count). The molecule has 2 aliphatic heterocycles. The number of fused-ring (bicyclic) bond motifs is 5. The summed E-state index contributed by atoms with van der Waals surface area (Å²) in [7, 11) is 4.24. The van der Waals surface area contributed by atoms with Crippen LogP contribution in [0.15, 0.2) is 60.2 Å². The number of aryl methyl sites for hydroxylation is 2. The van der Waals surface area contributed by atoms with Crippen LogP contribution in [0.4, 0.5) is 10.6 Å². The Hall–Kier alpha value is -5.27. The molecule has 3 fully saturated rings. The van der Waals surface area contributed by atoms with Gasteiger partial charge in [0.2, 0.25) is 23.6 Å². The summed E-state index contributed by atoms with van der Waals surface area (Å²) in [6, 6.07) is 12.3. The van der Waals surface area contributed by atoms with E-state index in [2.05, 4.69) is 0 Å². The Labute approximate surface area is 313 Å². The first-order valence-corrected chi connectivity index (χ1v) is 18.3. The normalized spacial score (nSPS) is 26.7. The molecule has 5 amide bonds. The number of nitrogens with zero attached hydrogens (tertiary/aromatic N) is 4. The molecule has 0 spiro atoms. The molecule has 2 aliphatic carbocycles. The number of thiophene rings is 1. The quantitative estimate of drug-likeness (QED) is 0.178. The summed E-state index contributed by atoms with van der Waals surface area (Å²) in [4.78, 5) is 72.1. The van der Waals surface area contributed by atoms with Gasteiger partial charge in [-0.05, 0) is 79.5 Å². The minimum Gasteiger partial charge on any atom is -0.504 e. The smallest absolute Gasteiger partial charge is 0.423 e. The van der Waals surface area contributed by atoms with Crippen LogP contribution in [0.25, 0.3) is 26.7 Å². The fourth-order valence-electron chi connectivity index (χ4n) is 8.93. The highest BCUT2D eigenvalue weighted by molar-refractivity contribution is 7.22. The number of hydrogen-bond donors (Lipinski definition) is 1. The Bertz CT molecular complexity index is 2360. The van der Waals surface area contributed by atoms with Gasteiger partial charge in [-0.15, -0.1) is 11.3 Å². The van der Waals surface area contributed by atoms with E-state index in [1.165, 1.54) is 22.8 Å². The molecule has 6 unspecified atom stereocenters. The molecular formula is C39H35ClN4O8S. The first-order chi connectivity index (χ1) is 25.3. The number of hydrogen-bond acceptors (Lipinski definition) is 10. The van der Waals surface area contributed by atoms with E-state index in [0.29, 0.717) is 27.0 Å². The van der Waals surface area contributed by atoms with Gasteiger partial charge in [0.25, 0.3) is 0 Å². The largest absolute Gasteiger partial charge is 0.504 e. The molecule has 1 saturated carbocycles. The first-order valence-electron chi connectivity index (χ1n) is 17.1. The molecule has 272 valence electrons. The zero-order valence-electron chi connectivity index (χ0n) is 29.5. The highest BCUT2D eigenvalue weighted by atomic mass is 35.5. The number of phenols is 1. The molecule has 4 aliphatic rings. The Balaban J connectivity index is 1.23. The molecule has 2 aromatic heterocycles. The Morgan fingerprint density at radius 1 is 1.06 bits per heavy atom. The lowest BCUT2D eigenvalue weighted by Gasteiger charge is -2.47. The molecular weight excluding hydrogens is 720 g/mol. The van der Waals surface area contributed by atoms with Gasteiger partial charge in [-0.25, -0.2) is 9.69 Å². The summed E-state index contributed by atoms with van der Waals surface area (Å²) in [5.41, 5.74) is 1.73. The maximum absolute atomic E-state index is 14.9. The van der Waals surface area contributed by atoms with Crippen molar-refractivity contribution in [1.29, 1.82) is 0 Å². The van der Waals surface area contributed by atoms with Crippen molar-refractivity contribution in [3.8, 4) is 22.1 Å². The molecule has 0 radical (unpaired) electrons. The second kappa shape index (κ2) is 12.4. The first kappa shape index (κ1) is 34.8. The van der Waals surface area contributed by atoms with Crippen LogP contribution in [0.1, 0.15) is 30.9 Å². The van der Waals surface area contributed by atoms with E-state index in [1.807, 2.05) is 37.3 Å². The number of phenolic OH excluding ortho intramolecular Hbond substituents is 1. The van der Waals surface area contributed by atoms with Gasteiger partial charge in [-0.2, -0.15) is 10.00 Å². The molecule has 2 aromatic carbocycles. The summed E-state index contributed by atoms with van der Waals surface area (Å²) >= 11 is 7.84. The van der Waals surface area contributed by atoms with Crippen molar-refractivity contribution in [2.24, 2.45) is 42.1 Å². The van der Waals surface area contributed by atoms with Crippen molar-refractivity contribution < 1.29 is 38.6 Å². The summed E-state index contributed by atoms with van der Waals surface area (Å²) < 4.78 is 12.6. The number of carbonyl (C=O) groups is 5. The van der Waals surface area contributed by atoms with Crippen molar-refractivity contribution in [2.45, 2.75) is 26.7 Å². The molecule has 6 atom stereocenters. The molecule has 1 N–H and O–H groups in total. The molecule has 4 aromatic rings. The van der Waals surface area contributed by atoms with Gasteiger partial charge >= 0.3 is 6.09 Å². The molecule has 12 nitrogen and oxygen atoms in total. The van der Waals surface area contributed by atoms with Crippen LogP contribution < -0.4 is 9.64 Å². The fraction of sp³-hybridized carbons (Fsp3) is 0.333. The third-order valence-electron chi connectivity index (χ3n) is 11.6. The highest BCUT2D eigenvalue weighted by Gasteiger charge is 2.67. The van der Waals surface area contributed by atoms with Crippen molar-refractivity contribution in [1.82, 2.24) is 14.7 Å². The van der Waals surface area contributed by atoms with Crippen LogP contribution in [-0.4, -0.2) is 63.7 Å². The predicted molar refractivity (Wildman–Crippen MR) is 197 cm³/mol. The number of carbonyl (C=O) groups excluding carboxylic acids is 5. The van der Waals surface area contributed by atoms with Gasteiger partial charge in [0.05, 0.1) is 42.3 Å². The minimum absolute atomic E-state index is 0.0348. The number of anilines is 1. The number of allylic oxidation sites excluding steroid dienone is 3. The van der Waals surface area contributed by atoms with E-state index in [0.717, 1.165) is 33.2 Å². The van der Waals surface area contributed by atoms with Gasteiger partial charge < -0.3 is 14.6 Å². The number of benzene rings is 2. The van der Waals surface area contributed by atoms with E-state index in [4.69, 9.17) is 26.2 Å². The lowest BCUT2D eigenvalue weighted by Crippen LogP contribution is -2.49. The van der Waals surface area contributed by atoms with Crippen LogP contribution in [0.3, 0.4) is 0 Å². The van der Waals surface area contributed by atoms with Crippen molar-refractivity contribution in [2.75, 3.05) is 19.1 Å². The molecule has 14 heteroatoms. The predicted octanol–water partition coefficient (Wildman–Crippen LogP) is 6.52. The number of imide groups is 4. The maximum Gasteiger partial charge on any atom is 0.423 e. The van der Waals surface area contributed by atoms with E-state index in [1.54, 1.807) is 49.6 Å². The number of amides is 5. The highest BCUT2D eigenvalue weighted by Crippen LogP contribution is 2.61. The average molecular weight is 755 g/mol. The van der Waals surface area contributed by atoms with Crippen molar-refractivity contribution in [3.63, 3.8) is 0 Å². The van der Waals surface area contributed by atoms with E-state index in [9.17, 15) is 29.1 Å². The number of methoxy groups -OCH3 is 2. The summed E-state index contributed by atoms with van der Waals surface area (Å²) in [6.07, 6.45) is 4.80. The zero-order chi connectivity index (χ0) is 37.7. The molecule has 4 heterocycles. The lowest BCUT2D eigenvalue weighted by molar-refractivity contribution is -0.138. The number of aromatic nitrogens is 2. The number of likely N-dealkylation sites (tertiary alicyclic amines) is 1. The standard InChI is InChI=1S/C39H35ClN4O8S/c1-18-23-15-20(40)8-13-30(23)53-33(18)27-17-31(42(3)41-27)43-35(47)26-16-24-21(9-10-22-32(24)36(48)44(34(22)46)38(50)52-5)25(39(26,2)37(43)49)11-6-19-7-12-28(45)29(14-19)51-4/h6-9,11-15,17,22,24-26,32,45H,10,16H2,1-5H3. The molecule has 2 saturated heterocycles. The van der Waals surface area contributed by atoms with Gasteiger partial charge in [0.15, 0.2) is 11.5 Å². The number of halogens is 1. The van der Waals surface area contributed by atoms with E-state index in [-0.39, 0.29) is 24.3 Å². The summed E-state index contributed by atoms with van der Waals surface area (Å²) in [5.74, 6) is -5.45. The summed E-state index contributed by atoms with van der Waals surface area (Å²) in [5, 5.41) is 16.6. The Morgan fingerprint density at radius 3 is 2.57 bits per heavy atom. The van der Waals surface area contributed by atoms with Crippen LogP contribution in [0.5, 0.6) is 11.5 Å². The second-order valence-corrected chi connectivity index (χ2v) is 15.7. The zero-order valence-corrected chi connectivity index (χ0v) is 31.0. The maximum atomic E-state index is 14.9. The van der Waals surface area contributed by atoms with Crippen LogP contribution in [0, 0.1) is 41.9 Å². The van der Waals surface area contributed by atoms with Crippen molar-refractivity contribution in [3.05, 3.63) is 76.3 Å². The van der Waals surface area contributed by atoms with Gasteiger partial charge in [0, 0.05) is 28.8 Å². The summed E-state index contributed by atoms with van der Waals surface area (Å²) in [6.45, 7) is 3.77.